The van der Waals surface area contributed by atoms with Crippen molar-refractivity contribution in [3.63, 3.8) is 0 Å². The molecular weight excluding hydrogens is 346 g/mol. The molecule has 8 nitrogen and oxygen atoms in total. The third-order valence-electron chi connectivity index (χ3n) is 7.06. The van der Waals surface area contributed by atoms with Crippen LogP contribution in [0.1, 0.15) is 38.5 Å². The van der Waals surface area contributed by atoms with E-state index in [2.05, 4.69) is 29.6 Å². The minimum absolute atomic E-state index is 0.0201. The van der Waals surface area contributed by atoms with Crippen LogP contribution in [-0.4, -0.2) is 80.4 Å². The zero-order valence-corrected chi connectivity index (χ0v) is 17.0. The molecule has 3 fully saturated rings. The summed E-state index contributed by atoms with van der Waals surface area (Å²) in [5.74, 6) is 0.437. The van der Waals surface area contributed by atoms with E-state index < -0.39 is 6.04 Å². The third kappa shape index (κ3) is 4.62. The molecule has 1 aliphatic heterocycles. The molecule has 8 unspecified atom stereocenters. The molecule has 8 heteroatoms. The Balaban J connectivity index is 1.72. The lowest BCUT2D eigenvalue weighted by Crippen LogP contribution is -2.72. The molecule has 8 atom stereocenters. The summed E-state index contributed by atoms with van der Waals surface area (Å²) in [4.78, 5) is 13.8. The molecule has 0 aromatic heterocycles. The van der Waals surface area contributed by atoms with Gasteiger partial charge in [0, 0.05) is 42.5 Å². The molecule has 1 heterocycles. The third-order valence-corrected chi connectivity index (χ3v) is 7.06. The first-order valence-electron chi connectivity index (χ1n) is 10.5. The van der Waals surface area contributed by atoms with E-state index in [9.17, 15) is 10.1 Å². The average molecular weight is 384 g/mol. The van der Waals surface area contributed by atoms with E-state index in [1.54, 1.807) is 7.11 Å². The fourth-order valence-corrected chi connectivity index (χ4v) is 5.66. The summed E-state index contributed by atoms with van der Waals surface area (Å²) in [6.07, 6.45) is 5.73. The number of ether oxygens (including phenoxy) is 1. The van der Waals surface area contributed by atoms with Crippen LogP contribution in [-0.2, 0) is 4.74 Å². The maximum atomic E-state index is 11.7. The summed E-state index contributed by atoms with van der Waals surface area (Å²) >= 11 is 0. The number of nitro groups is 1. The van der Waals surface area contributed by atoms with Gasteiger partial charge < -0.3 is 26.0 Å². The second-order valence-electron chi connectivity index (χ2n) is 8.94. The monoisotopic (exact) mass is 383 g/mol. The number of methoxy groups -OCH3 is 1. The first-order valence-corrected chi connectivity index (χ1v) is 10.5. The number of nitrogens with zero attached hydrogens (tertiary/aromatic N) is 2. The van der Waals surface area contributed by atoms with E-state index in [-0.39, 0.29) is 41.1 Å². The highest BCUT2D eigenvalue weighted by molar-refractivity contribution is 5.09. The van der Waals surface area contributed by atoms with E-state index in [1.807, 2.05) is 0 Å². The molecule has 1 saturated heterocycles. The normalized spacial score (nSPS) is 41.8. The van der Waals surface area contributed by atoms with Crippen LogP contribution in [0.5, 0.6) is 0 Å². The van der Waals surface area contributed by atoms with Gasteiger partial charge in [-0.2, -0.15) is 0 Å². The first-order chi connectivity index (χ1) is 12.9. The number of hydrogen-bond acceptors (Lipinski definition) is 7. The van der Waals surface area contributed by atoms with Crippen molar-refractivity contribution in [2.45, 2.75) is 74.8 Å². The standard InChI is InChI=1S/C19H37N5O3/c1-23(2)10-4-9-21-15-7-8-16(24(25)26)19-17(15)18(20)13-11-12(27-3)5-6-14(13)22-19/h12-19,21-22H,4-11,20H2,1-3H3. The van der Waals surface area contributed by atoms with E-state index in [0.717, 1.165) is 45.2 Å². The van der Waals surface area contributed by atoms with Crippen LogP contribution >= 0.6 is 0 Å². The molecule has 156 valence electrons. The van der Waals surface area contributed by atoms with Gasteiger partial charge in [0.15, 0.2) is 0 Å². The maximum Gasteiger partial charge on any atom is 0.228 e. The molecule has 3 rings (SSSR count). The van der Waals surface area contributed by atoms with Crippen molar-refractivity contribution in [1.29, 1.82) is 0 Å². The average Bonchev–Trinajstić information content (AvgIpc) is 2.64. The van der Waals surface area contributed by atoms with Crippen LogP contribution in [0.15, 0.2) is 0 Å². The highest BCUT2D eigenvalue weighted by atomic mass is 16.6. The molecule has 3 aliphatic rings. The Bertz CT molecular complexity index is 506. The van der Waals surface area contributed by atoms with Crippen LogP contribution in [0.2, 0.25) is 0 Å². The van der Waals surface area contributed by atoms with Gasteiger partial charge in [0.2, 0.25) is 6.04 Å². The molecule has 27 heavy (non-hydrogen) atoms. The Morgan fingerprint density at radius 2 is 2.07 bits per heavy atom. The molecule has 4 N–H and O–H groups in total. The van der Waals surface area contributed by atoms with Gasteiger partial charge in [-0.15, -0.1) is 0 Å². The summed E-state index contributed by atoms with van der Waals surface area (Å²) in [6.45, 7) is 1.96. The number of hydrogen-bond donors (Lipinski definition) is 3. The lowest BCUT2D eigenvalue weighted by Gasteiger charge is -2.54. The Kier molecular flexibility index (Phi) is 7.08. The van der Waals surface area contributed by atoms with E-state index >= 15 is 0 Å². The number of fused-ring (bicyclic) bond motifs is 2. The quantitative estimate of drug-likeness (QED) is 0.333. The van der Waals surface area contributed by atoms with Gasteiger partial charge in [-0.25, -0.2) is 0 Å². The van der Waals surface area contributed by atoms with Crippen molar-refractivity contribution < 1.29 is 9.66 Å². The van der Waals surface area contributed by atoms with Gasteiger partial charge in [-0.05, 0) is 65.2 Å². The predicted molar refractivity (Wildman–Crippen MR) is 105 cm³/mol. The van der Waals surface area contributed by atoms with Crippen LogP contribution in [0, 0.1) is 22.0 Å². The van der Waals surface area contributed by atoms with Crippen LogP contribution in [0.4, 0.5) is 0 Å². The van der Waals surface area contributed by atoms with E-state index in [1.165, 1.54) is 0 Å². The van der Waals surface area contributed by atoms with Crippen LogP contribution in [0.25, 0.3) is 0 Å². The zero-order valence-electron chi connectivity index (χ0n) is 17.0. The summed E-state index contributed by atoms with van der Waals surface area (Å²) < 4.78 is 5.60. The van der Waals surface area contributed by atoms with Gasteiger partial charge in [-0.1, -0.05) is 0 Å². The summed E-state index contributed by atoms with van der Waals surface area (Å²) in [5.41, 5.74) is 6.80. The van der Waals surface area contributed by atoms with Gasteiger partial charge in [-0.3, -0.25) is 10.1 Å². The Hall–Kier alpha value is -0.800. The first kappa shape index (κ1) is 20.9. The largest absolute Gasteiger partial charge is 0.381 e. The molecule has 0 aromatic carbocycles. The molecule has 0 spiro atoms. The SMILES string of the molecule is COC1CCC2NC3C(C(NCCCN(C)C)CCC3[N+](=O)[O-])C(N)C2C1. The molecule has 0 radical (unpaired) electrons. The fraction of sp³-hybridized carbons (Fsp3) is 1.00. The number of nitrogens with one attached hydrogen (secondary N) is 2. The van der Waals surface area contributed by atoms with Gasteiger partial charge in [0.05, 0.1) is 12.1 Å². The lowest BCUT2D eigenvalue weighted by molar-refractivity contribution is -0.533. The fourth-order valence-electron chi connectivity index (χ4n) is 5.66. The minimum Gasteiger partial charge on any atom is -0.381 e. The highest BCUT2D eigenvalue weighted by Gasteiger charge is 2.54. The number of nitrogens with two attached hydrogens (primary N) is 1. The van der Waals surface area contributed by atoms with Crippen molar-refractivity contribution in [3.8, 4) is 0 Å². The van der Waals surface area contributed by atoms with Crippen molar-refractivity contribution in [2.24, 2.45) is 17.6 Å². The predicted octanol–water partition coefficient (Wildman–Crippen LogP) is 0.434. The van der Waals surface area contributed by atoms with Crippen molar-refractivity contribution in [2.75, 3.05) is 34.3 Å². The minimum atomic E-state index is -0.526. The lowest BCUT2D eigenvalue weighted by atomic mass is 9.63. The van der Waals surface area contributed by atoms with Gasteiger partial charge in [0.1, 0.15) is 0 Å². The molecule has 0 bridgehead atoms. The molecule has 0 amide bonds. The Morgan fingerprint density at radius 3 is 2.74 bits per heavy atom. The second-order valence-corrected chi connectivity index (χ2v) is 8.94. The summed E-state index contributed by atoms with van der Waals surface area (Å²) in [6, 6.07) is -0.145. The molecule has 0 aromatic rings. The van der Waals surface area contributed by atoms with Crippen molar-refractivity contribution in [3.05, 3.63) is 10.1 Å². The molecule has 2 saturated carbocycles. The summed E-state index contributed by atoms with van der Waals surface area (Å²) in [5, 5.41) is 19.1. The topological polar surface area (TPSA) is 106 Å². The number of rotatable bonds is 7. The second kappa shape index (κ2) is 9.13. The van der Waals surface area contributed by atoms with Gasteiger partial charge in [0.25, 0.3) is 0 Å². The van der Waals surface area contributed by atoms with E-state index in [0.29, 0.717) is 12.3 Å². The zero-order chi connectivity index (χ0) is 19.6. The summed E-state index contributed by atoms with van der Waals surface area (Å²) in [7, 11) is 5.93. The van der Waals surface area contributed by atoms with Crippen LogP contribution < -0.4 is 16.4 Å². The Labute approximate surface area is 162 Å². The molecular formula is C19H37N5O3. The number of piperidine rings is 1. The molecule has 2 aliphatic carbocycles. The Morgan fingerprint density at radius 1 is 1.30 bits per heavy atom. The van der Waals surface area contributed by atoms with Crippen molar-refractivity contribution >= 4 is 0 Å². The van der Waals surface area contributed by atoms with E-state index in [4.69, 9.17) is 10.5 Å². The highest BCUT2D eigenvalue weighted by Crippen LogP contribution is 2.41. The van der Waals surface area contributed by atoms with Gasteiger partial charge >= 0.3 is 0 Å². The van der Waals surface area contributed by atoms with Crippen molar-refractivity contribution in [1.82, 2.24) is 15.5 Å². The smallest absolute Gasteiger partial charge is 0.228 e. The van der Waals surface area contributed by atoms with Crippen LogP contribution in [0.3, 0.4) is 0 Å². The maximum absolute atomic E-state index is 11.7.